The van der Waals surface area contributed by atoms with Crippen LogP contribution in [0.25, 0.3) is 0 Å². The Kier molecular flexibility index (Phi) is 6.65. The third-order valence-corrected chi connectivity index (χ3v) is 3.45. The molecule has 0 aliphatic heterocycles. The average Bonchev–Trinajstić information content (AvgIpc) is 2.38. The molecule has 18 heavy (non-hydrogen) atoms. The lowest BCUT2D eigenvalue weighted by molar-refractivity contribution is -0.154. The molecule has 0 saturated heterocycles. The van der Waals surface area contributed by atoms with E-state index in [-0.39, 0.29) is 5.97 Å². The first-order valence-corrected chi connectivity index (χ1v) is 7.16. The maximum atomic E-state index is 12.0. The number of rotatable bonds is 7. The number of carbonyl (C=O) groups excluding carboxylic acids is 1. The SMILES string of the molecule is CCNC(C)(COC1CCCCC1)C(=O)OCC. The zero-order chi connectivity index (χ0) is 13.4. The fourth-order valence-corrected chi connectivity index (χ4v) is 2.38. The summed E-state index contributed by atoms with van der Waals surface area (Å²) in [5, 5.41) is 3.18. The van der Waals surface area contributed by atoms with E-state index in [0.717, 1.165) is 19.4 Å². The van der Waals surface area contributed by atoms with Crippen LogP contribution in [-0.4, -0.2) is 37.4 Å². The topological polar surface area (TPSA) is 47.6 Å². The van der Waals surface area contributed by atoms with E-state index in [1.165, 1.54) is 19.3 Å². The highest BCUT2D eigenvalue weighted by Crippen LogP contribution is 2.21. The maximum absolute atomic E-state index is 12.0. The van der Waals surface area contributed by atoms with Crippen LogP contribution in [0.1, 0.15) is 52.9 Å². The zero-order valence-corrected chi connectivity index (χ0v) is 12.0. The summed E-state index contributed by atoms with van der Waals surface area (Å²) < 4.78 is 11.0. The molecule has 0 bridgehead atoms. The second kappa shape index (κ2) is 7.74. The standard InChI is InChI=1S/C14H27NO3/c1-4-15-14(3,13(16)17-5-2)11-18-12-9-7-6-8-10-12/h12,15H,4-11H2,1-3H3. The molecule has 0 spiro atoms. The van der Waals surface area contributed by atoms with Crippen LogP contribution < -0.4 is 5.32 Å². The van der Waals surface area contributed by atoms with Gasteiger partial charge in [-0.1, -0.05) is 26.2 Å². The zero-order valence-electron chi connectivity index (χ0n) is 12.0. The van der Waals surface area contributed by atoms with Crippen molar-refractivity contribution < 1.29 is 14.3 Å². The summed E-state index contributed by atoms with van der Waals surface area (Å²) in [5.74, 6) is -0.220. The average molecular weight is 257 g/mol. The van der Waals surface area contributed by atoms with Crippen LogP contribution in [-0.2, 0) is 14.3 Å². The van der Waals surface area contributed by atoms with Crippen LogP contribution in [0.15, 0.2) is 0 Å². The molecule has 0 aromatic carbocycles. The third-order valence-electron chi connectivity index (χ3n) is 3.45. The van der Waals surface area contributed by atoms with Crippen molar-refractivity contribution in [3.63, 3.8) is 0 Å². The Labute approximate surface area is 110 Å². The lowest BCUT2D eigenvalue weighted by atomic mass is 9.97. The third kappa shape index (κ3) is 4.58. The molecule has 1 aliphatic rings. The second-order valence-corrected chi connectivity index (χ2v) is 5.15. The molecule has 1 aliphatic carbocycles. The van der Waals surface area contributed by atoms with Gasteiger partial charge in [-0.05, 0) is 33.2 Å². The first-order chi connectivity index (χ1) is 8.62. The van der Waals surface area contributed by atoms with Gasteiger partial charge in [0, 0.05) is 0 Å². The van der Waals surface area contributed by atoms with Crippen molar-refractivity contribution >= 4 is 5.97 Å². The highest BCUT2D eigenvalue weighted by Gasteiger charge is 2.35. The van der Waals surface area contributed by atoms with Gasteiger partial charge in [-0.2, -0.15) is 0 Å². The smallest absolute Gasteiger partial charge is 0.328 e. The van der Waals surface area contributed by atoms with Gasteiger partial charge in [-0.15, -0.1) is 0 Å². The van der Waals surface area contributed by atoms with Crippen molar-refractivity contribution in [3.8, 4) is 0 Å². The van der Waals surface area contributed by atoms with E-state index in [2.05, 4.69) is 5.32 Å². The first kappa shape index (κ1) is 15.4. The summed E-state index contributed by atoms with van der Waals surface area (Å²) in [6.07, 6.45) is 6.33. The van der Waals surface area contributed by atoms with E-state index >= 15 is 0 Å². The fraction of sp³-hybridized carbons (Fsp3) is 0.929. The minimum absolute atomic E-state index is 0.220. The Bertz CT molecular complexity index is 251. The Morgan fingerprint density at radius 2 is 1.94 bits per heavy atom. The quantitative estimate of drug-likeness (QED) is 0.711. The van der Waals surface area contributed by atoms with E-state index in [9.17, 15) is 4.79 Å². The summed E-state index contributed by atoms with van der Waals surface area (Å²) in [4.78, 5) is 12.0. The summed E-state index contributed by atoms with van der Waals surface area (Å²) in [6, 6.07) is 0. The van der Waals surface area contributed by atoms with Crippen molar-refractivity contribution in [2.75, 3.05) is 19.8 Å². The Morgan fingerprint density at radius 1 is 1.28 bits per heavy atom. The number of carbonyl (C=O) groups is 1. The molecule has 1 saturated carbocycles. The largest absolute Gasteiger partial charge is 0.465 e. The summed E-state index contributed by atoms with van der Waals surface area (Å²) in [7, 11) is 0. The molecule has 4 heteroatoms. The molecule has 1 fully saturated rings. The van der Waals surface area contributed by atoms with E-state index in [4.69, 9.17) is 9.47 Å². The van der Waals surface area contributed by atoms with Gasteiger partial charge in [-0.3, -0.25) is 0 Å². The van der Waals surface area contributed by atoms with Crippen LogP contribution >= 0.6 is 0 Å². The van der Waals surface area contributed by atoms with Crippen molar-refractivity contribution in [2.45, 2.75) is 64.5 Å². The fourth-order valence-electron chi connectivity index (χ4n) is 2.38. The van der Waals surface area contributed by atoms with Gasteiger partial charge in [0.05, 0.1) is 19.3 Å². The predicted molar refractivity (Wildman–Crippen MR) is 71.5 cm³/mol. The molecule has 0 radical (unpaired) electrons. The van der Waals surface area contributed by atoms with Crippen molar-refractivity contribution in [3.05, 3.63) is 0 Å². The molecule has 1 N–H and O–H groups in total. The predicted octanol–water partition coefficient (Wildman–Crippen LogP) is 2.27. The maximum Gasteiger partial charge on any atom is 0.328 e. The molecule has 1 rings (SSSR count). The number of hydrogen-bond acceptors (Lipinski definition) is 4. The lowest BCUT2D eigenvalue weighted by Crippen LogP contribution is -2.54. The Hall–Kier alpha value is -0.610. The van der Waals surface area contributed by atoms with Gasteiger partial charge < -0.3 is 14.8 Å². The highest BCUT2D eigenvalue weighted by molar-refractivity contribution is 5.80. The molecule has 106 valence electrons. The Balaban J connectivity index is 2.47. The van der Waals surface area contributed by atoms with Crippen LogP contribution in [0, 0.1) is 0 Å². The molecule has 1 unspecified atom stereocenters. The van der Waals surface area contributed by atoms with Crippen LogP contribution in [0.5, 0.6) is 0 Å². The molecule has 0 aromatic heterocycles. The summed E-state index contributed by atoms with van der Waals surface area (Å²) in [5.41, 5.74) is -0.720. The molecule has 1 atom stereocenters. The van der Waals surface area contributed by atoms with Gasteiger partial charge >= 0.3 is 5.97 Å². The highest BCUT2D eigenvalue weighted by atomic mass is 16.5. The van der Waals surface area contributed by atoms with E-state index in [1.807, 2.05) is 20.8 Å². The van der Waals surface area contributed by atoms with Crippen molar-refractivity contribution in [1.82, 2.24) is 5.32 Å². The van der Waals surface area contributed by atoms with E-state index in [0.29, 0.717) is 19.3 Å². The van der Waals surface area contributed by atoms with Crippen molar-refractivity contribution in [1.29, 1.82) is 0 Å². The van der Waals surface area contributed by atoms with Crippen LogP contribution in [0.2, 0.25) is 0 Å². The first-order valence-electron chi connectivity index (χ1n) is 7.16. The van der Waals surface area contributed by atoms with Crippen LogP contribution in [0.3, 0.4) is 0 Å². The number of esters is 1. The lowest BCUT2D eigenvalue weighted by Gasteiger charge is -2.31. The minimum atomic E-state index is -0.720. The molecule has 0 aromatic rings. The van der Waals surface area contributed by atoms with E-state index in [1.54, 1.807) is 0 Å². The van der Waals surface area contributed by atoms with E-state index < -0.39 is 5.54 Å². The minimum Gasteiger partial charge on any atom is -0.465 e. The molecule has 4 nitrogen and oxygen atoms in total. The van der Waals surface area contributed by atoms with Gasteiger partial charge in [0.1, 0.15) is 5.54 Å². The number of likely N-dealkylation sites (N-methyl/N-ethyl adjacent to an activating group) is 1. The van der Waals surface area contributed by atoms with Crippen LogP contribution in [0.4, 0.5) is 0 Å². The number of ether oxygens (including phenoxy) is 2. The van der Waals surface area contributed by atoms with Gasteiger partial charge in [-0.25, -0.2) is 4.79 Å². The molecular formula is C14H27NO3. The summed E-state index contributed by atoms with van der Waals surface area (Å²) in [6.45, 7) is 7.19. The molecular weight excluding hydrogens is 230 g/mol. The van der Waals surface area contributed by atoms with Gasteiger partial charge in [0.25, 0.3) is 0 Å². The Morgan fingerprint density at radius 3 is 2.50 bits per heavy atom. The second-order valence-electron chi connectivity index (χ2n) is 5.15. The monoisotopic (exact) mass is 257 g/mol. The number of hydrogen-bond donors (Lipinski definition) is 1. The van der Waals surface area contributed by atoms with Gasteiger partial charge in [0.15, 0.2) is 0 Å². The van der Waals surface area contributed by atoms with Gasteiger partial charge in [0.2, 0.25) is 0 Å². The molecule has 0 amide bonds. The molecule has 0 heterocycles. The normalized spacial score (nSPS) is 20.4. The summed E-state index contributed by atoms with van der Waals surface area (Å²) >= 11 is 0. The van der Waals surface area contributed by atoms with Crippen molar-refractivity contribution in [2.24, 2.45) is 0 Å². The number of nitrogens with one attached hydrogen (secondary N) is 1.